The van der Waals surface area contributed by atoms with Crippen LogP contribution in [-0.2, 0) is 6.42 Å². The number of para-hydroxylation sites is 1. The van der Waals surface area contributed by atoms with Crippen LogP contribution in [0.2, 0.25) is 0 Å². The zero-order valence-corrected chi connectivity index (χ0v) is 22.0. The summed E-state index contributed by atoms with van der Waals surface area (Å²) in [6.07, 6.45) is 4.50. The van der Waals surface area contributed by atoms with Gasteiger partial charge < -0.3 is 0 Å². The lowest BCUT2D eigenvalue weighted by Crippen LogP contribution is -2.43. The summed E-state index contributed by atoms with van der Waals surface area (Å²) in [6, 6.07) is 20.6. The molecule has 7 heteroatoms. The van der Waals surface area contributed by atoms with Crippen LogP contribution in [0.3, 0.4) is 0 Å². The fourth-order valence-electron chi connectivity index (χ4n) is 6.40. The number of carbonyl (C=O) groups is 4. The van der Waals surface area contributed by atoms with E-state index >= 15 is 0 Å². The average Bonchev–Trinajstić information content (AvgIpc) is 3.39. The molecule has 0 bridgehead atoms. The molecule has 3 heterocycles. The molecule has 0 saturated heterocycles. The zero-order valence-electron chi connectivity index (χ0n) is 22.0. The van der Waals surface area contributed by atoms with E-state index in [0.717, 1.165) is 27.7 Å². The maximum atomic E-state index is 13.4. The van der Waals surface area contributed by atoms with Gasteiger partial charge in [0.25, 0.3) is 23.6 Å². The summed E-state index contributed by atoms with van der Waals surface area (Å²) in [4.78, 5) is 60.7. The monoisotopic (exact) mass is 527 g/mol. The highest BCUT2D eigenvalue weighted by atomic mass is 16.2. The number of carbonyl (C=O) groups excluding carboxylic acids is 4. The molecule has 0 spiro atoms. The van der Waals surface area contributed by atoms with Crippen LogP contribution in [0.25, 0.3) is 17.0 Å². The Bertz CT molecular complexity index is 1750. The van der Waals surface area contributed by atoms with Gasteiger partial charge in [-0.15, -0.1) is 0 Å². The van der Waals surface area contributed by atoms with E-state index in [-0.39, 0.29) is 35.6 Å². The van der Waals surface area contributed by atoms with Crippen molar-refractivity contribution in [3.8, 4) is 0 Å². The second-order valence-corrected chi connectivity index (χ2v) is 10.6. The first-order valence-electron chi connectivity index (χ1n) is 13.4. The first-order chi connectivity index (χ1) is 19.4. The minimum atomic E-state index is -0.538. The number of hydrogen-bond acceptors (Lipinski definition) is 5. The number of amides is 4. The van der Waals surface area contributed by atoms with E-state index in [0.29, 0.717) is 28.7 Å². The second-order valence-electron chi connectivity index (χ2n) is 10.6. The number of aromatic nitrogens is 1. The molecule has 0 radical (unpaired) electrons. The fraction of sp³-hybridized carbons (Fsp3) is 0.182. The highest BCUT2D eigenvalue weighted by Crippen LogP contribution is 2.40. The van der Waals surface area contributed by atoms with E-state index in [2.05, 4.69) is 0 Å². The summed E-state index contributed by atoms with van der Waals surface area (Å²) in [5.74, 6) is -1.32. The molecule has 3 aliphatic rings. The van der Waals surface area contributed by atoms with Crippen LogP contribution >= 0.6 is 0 Å². The van der Waals surface area contributed by atoms with E-state index in [1.165, 1.54) is 9.80 Å². The van der Waals surface area contributed by atoms with Crippen molar-refractivity contribution in [3.05, 3.63) is 118 Å². The minimum absolute atomic E-state index is 0.147. The van der Waals surface area contributed by atoms with Crippen LogP contribution in [0.5, 0.6) is 0 Å². The maximum Gasteiger partial charge on any atom is 0.262 e. The van der Waals surface area contributed by atoms with Crippen molar-refractivity contribution in [3.63, 3.8) is 0 Å². The number of nitrogens with zero attached hydrogens (tertiary/aromatic N) is 3. The van der Waals surface area contributed by atoms with Crippen LogP contribution in [0.1, 0.15) is 78.1 Å². The van der Waals surface area contributed by atoms with Gasteiger partial charge in [-0.1, -0.05) is 54.6 Å². The predicted molar refractivity (Wildman–Crippen MR) is 150 cm³/mol. The fourth-order valence-corrected chi connectivity index (χ4v) is 6.40. The summed E-state index contributed by atoms with van der Waals surface area (Å²) in [5, 5.41) is 0.877. The Hall–Kier alpha value is -4.91. The number of rotatable bonds is 4. The Morgan fingerprint density at radius 1 is 0.700 bits per heavy atom. The van der Waals surface area contributed by atoms with Crippen LogP contribution in [-0.4, -0.2) is 44.5 Å². The Morgan fingerprint density at radius 3 is 1.77 bits per heavy atom. The van der Waals surface area contributed by atoms with Crippen molar-refractivity contribution in [1.29, 1.82) is 0 Å². The van der Waals surface area contributed by atoms with Crippen molar-refractivity contribution < 1.29 is 19.2 Å². The van der Waals surface area contributed by atoms with E-state index in [9.17, 15) is 19.2 Å². The number of benzene rings is 3. The molecule has 196 valence electrons. The van der Waals surface area contributed by atoms with Gasteiger partial charge in [-0.2, -0.15) is 0 Å². The van der Waals surface area contributed by atoms with Gasteiger partial charge in [-0.05, 0) is 56.2 Å². The molecule has 7 rings (SSSR count). The minimum Gasteiger partial charge on any atom is -0.271 e. The predicted octanol–water partition coefficient (Wildman–Crippen LogP) is 5.46. The number of imide groups is 2. The quantitative estimate of drug-likeness (QED) is 0.329. The molecule has 3 atom stereocenters. The lowest BCUT2D eigenvalue weighted by Gasteiger charge is -2.33. The maximum absolute atomic E-state index is 13.4. The van der Waals surface area contributed by atoms with E-state index < -0.39 is 6.04 Å². The summed E-state index contributed by atoms with van der Waals surface area (Å²) in [5.41, 5.74) is 5.00. The van der Waals surface area contributed by atoms with Crippen molar-refractivity contribution in [2.75, 3.05) is 0 Å². The Kier molecular flexibility index (Phi) is 5.32. The molecule has 0 fully saturated rings. The molecule has 0 N–H and O–H groups in total. The van der Waals surface area contributed by atoms with Gasteiger partial charge in [0.2, 0.25) is 0 Å². The molecular weight excluding hydrogens is 502 g/mol. The molecule has 1 aromatic heterocycles. The van der Waals surface area contributed by atoms with Gasteiger partial charge in [0.05, 0.1) is 33.8 Å². The highest BCUT2D eigenvalue weighted by molar-refractivity contribution is 6.22. The van der Waals surface area contributed by atoms with Crippen LogP contribution in [0.15, 0.2) is 78.9 Å². The molecule has 7 nitrogen and oxygen atoms in total. The van der Waals surface area contributed by atoms with E-state index in [1.807, 2.05) is 50.3 Å². The summed E-state index contributed by atoms with van der Waals surface area (Å²) >= 11 is 0. The van der Waals surface area contributed by atoms with Crippen LogP contribution in [0.4, 0.5) is 0 Å². The second kappa shape index (κ2) is 8.81. The third-order valence-electron chi connectivity index (χ3n) is 8.47. The Balaban J connectivity index is 1.28. The first-order valence-corrected chi connectivity index (χ1v) is 13.4. The van der Waals surface area contributed by atoms with Gasteiger partial charge in [0.1, 0.15) is 0 Å². The molecule has 1 aliphatic carbocycles. The smallest absolute Gasteiger partial charge is 0.262 e. The van der Waals surface area contributed by atoms with Gasteiger partial charge in [0.15, 0.2) is 0 Å². The average molecular weight is 528 g/mol. The third kappa shape index (κ3) is 3.33. The van der Waals surface area contributed by atoms with Gasteiger partial charge in [-0.3, -0.25) is 34.0 Å². The Morgan fingerprint density at radius 2 is 1.20 bits per heavy atom. The molecule has 4 amide bonds. The molecule has 2 aliphatic heterocycles. The molecule has 3 aromatic carbocycles. The van der Waals surface area contributed by atoms with Crippen molar-refractivity contribution in [1.82, 2.24) is 14.8 Å². The number of fused-ring (bicyclic) bond motifs is 4. The Labute approximate surface area is 230 Å². The first kappa shape index (κ1) is 24.2. The van der Waals surface area contributed by atoms with Gasteiger partial charge in [0, 0.05) is 28.6 Å². The number of hydrogen-bond donors (Lipinski definition) is 0. The van der Waals surface area contributed by atoms with Gasteiger partial charge in [-0.25, -0.2) is 0 Å². The lowest BCUT2D eigenvalue weighted by molar-refractivity contribution is 0.0558. The molecule has 40 heavy (non-hydrogen) atoms. The van der Waals surface area contributed by atoms with Crippen molar-refractivity contribution in [2.45, 2.75) is 32.4 Å². The number of pyridine rings is 1. The molecule has 0 saturated carbocycles. The largest absolute Gasteiger partial charge is 0.271 e. The van der Waals surface area contributed by atoms with Crippen molar-refractivity contribution >= 4 is 40.6 Å². The summed E-state index contributed by atoms with van der Waals surface area (Å²) in [7, 11) is 0. The van der Waals surface area contributed by atoms with Crippen LogP contribution in [0, 0.1) is 5.92 Å². The van der Waals surface area contributed by atoms with Gasteiger partial charge >= 0.3 is 0 Å². The van der Waals surface area contributed by atoms with Crippen molar-refractivity contribution in [2.24, 2.45) is 5.92 Å². The zero-order chi connectivity index (χ0) is 27.7. The third-order valence-corrected chi connectivity index (χ3v) is 8.47. The molecule has 3 unspecified atom stereocenters. The summed E-state index contributed by atoms with van der Waals surface area (Å²) < 4.78 is 0. The normalized spacial score (nSPS) is 19.2. The SMILES string of the molecule is CC(c1c2c(nc3ccccc13)CC(C(C)N1C(=O)c3ccccc3C1=O)C=C2)N1C(=O)c2ccccc2C1=O. The van der Waals surface area contributed by atoms with E-state index in [1.54, 1.807) is 48.5 Å². The van der Waals surface area contributed by atoms with Crippen LogP contribution < -0.4 is 0 Å². The molecular formula is C33H25N3O4. The lowest BCUT2D eigenvalue weighted by atomic mass is 9.83. The molecule has 4 aromatic rings. The topological polar surface area (TPSA) is 87.7 Å². The van der Waals surface area contributed by atoms with E-state index in [4.69, 9.17) is 4.98 Å². The highest BCUT2D eigenvalue weighted by Gasteiger charge is 2.42. The standard InChI is InChI=1S/C33H25N3O4/c1-18(35-30(37)21-9-3-4-10-22(21)31(35)38)20-15-16-26-28(17-20)34-27-14-8-7-13-25(27)29(26)19(2)36-32(39)23-11-5-6-12-24(23)33(36)40/h3-16,18-20H,17H2,1-2H3. The summed E-state index contributed by atoms with van der Waals surface area (Å²) in [6.45, 7) is 3.77.